The van der Waals surface area contributed by atoms with Crippen molar-refractivity contribution >= 4 is 5.91 Å². The molecule has 2 fully saturated rings. The van der Waals surface area contributed by atoms with Gasteiger partial charge < -0.3 is 5.32 Å². The zero-order valence-electron chi connectivity index (χ0n) is 7.51. The fraction of sp³-hybridized carbons (Fsp3) is 0.900. The van der Waals surface area contributed by atoms with Crippen LogP contribution in [0.15, 0.2) is 0 Å². The molecule has 1 saturated carbocycles. The van der Waals surface area contributed by atoms with Crippen LogP contribution in [0.2, 0.25) is 0 Å². The van der Waals surface area contributed by atoms with E-state index >= 15 is 0 Å². The number of carbonyl (C=O) groups is 1. The molecule has 0 bridgehead atoms. The van der Waals surface area contributed by atoms with Crippen LogP contribution in [0.4, 0.5) is 0 Å². The van der Waals surface area contributed by atoms with Crippen molar-refractivity contribution in [1.29, 1.82) is 0 Å². The summed E-state index contributed by atoms with van der Waals surface area (Å²) in [6.45, 7) is 0. The zero-order valence-corrected chi connectivity index (χ0v) is 7.51. The Morgan fingerprint density at radius 3 is 2.83 bits per heavy atom. The lowest BCUT2D eigenvalue weighted by Crippen LogP contribution is -2.38. The number of hydrogen-bond donors (Lipinski definition) is 1. The van der Waals surface area contributed by atoms with Crippen LogP contribution in [0, 0.1) is 5.92 Å². The van der Waals surface area contributed by atoms with Gasteiger partial charge in [-0.15, -0.1) is 0 Å². The van der Waals surface area contributed by atoms with E-state index in [0.717, 1.165) is 18.8 Å². The fourth-order valence-corrected chi connectivity index (χ4v) is 2.54. The van der Waals surface area contributed by atoms with E-state index in [1.807, 2.05) is 0 Å². The molecule has 1 N–H and O–H groups in total. The highest BCUT2D eigenvalue weighted by Gasteiger charge is 2.29. The summed E-state index contributed by atoms with van der Waals surface area (Å²) < 4.78 is 0. The van der Waals surface area contributed by atoms with Gasteiger partial charge in [0.05, 0.1) is 0 Å². The Hall–Kier alpha value is -0.530. The molecule has 1 aliphatic carbocycles. The van der Waals surface area contributed by atoms with E-state index in [4.69, 9.17) is 0 Å². The summed E-state index contributed by atoms with van der Waals surface area (Å²) in [5.74, 6) is 1.08. The summed E-state index contributed by atoms with van der Waals surface area (Å²) in [4.78, 5) is 11.3. The van der Waals surface area contributed by atoms with Crippen molar-refractivity contribution in [3.05, 3.63) is 0 Å². The maximum atomic E-state index is 11.3. The van der Waals surface area contributed by atoms with Gasteiger partial charge >= 0.3 is 0 Å². The first kappa shape index (κ1) is 8.09. The first-order chi connectivity index (χ1) is 5.86. The standard InChI is InChI=1S/C10H17NO/c12-10-7-2-1-4-8-5-3-6-9(8)11-10/h8-9H,1-7H2,(H,11,12)/t8-,9+/m1/s1. The van der Waals surface area contributed by atoms with Crippen molar-refractivity contribution in [2.45, 2.75) is 51.0 Å². The Balaban J connectivity index is 1.98. The Labute approximate surface area is 73.7 Å². The van der Waals surface area contributed by atoms with E-state index in [1.54, 1.807) is 0 Å². The monoisotopic (exact) mass is 167 g/mol. The van der Waals surface area contributed by atoms with Crippen molar-refractivity contribution < 1.29 is 4.79 Å². The molecule has 2 rings (SSSR count). The summed E-state index contributed by atoms with van der Waals surface area (Å²) in [6, 6.07) is 0.526. The molecule has 0 spiro atoms. The normalized spacial score (nSPS) is 36.5. The first-order valence-corrected chi connectivity index (χ1v) is 5.15. The number of hydrogen-bond acceptors (Lipinski definition) is 1. The second kappa shape index (κ2) is 3.46. The molecule has 1 saturated heterocycles. The average molecular weight is 167 g/mol. The number of amides is 1. The van der Waals surface area contributed by atoms with Gasteiger partial charge in [-0.3, -0.25) is 4.79 Å². The van der Waals surface area contributed by atoms with Crippen LogP contribution in [0.5, 0.6) is 0 Å². The minimum absolute atomic E-state index is 0.284. The minimum Gasteiger partial charge on any atom is -0.353 e. The minimum atomic E-state index is 0.284. The lowest BCUT2D eigenvalue weighted by molar-refractivity contribution is -0.122. The predicted molar refractivity (Wildman–Crippen MR) is 47.7 cm³/mol. The summed E-state index contributed by atoms with van der Waals surface area (Å²) in [5.41, 5.74) is 0. The molecule has 0 aromatic heterocycles. The summed E-state index contributed by atoms with van der Waals surface area (Å²) in [7, 11) is 0. The summed E-state index contributed by atoms with van der Waals surface area (Å²) in [6.07, 6.45) is 8.31. The van der Waals surface area contributed by atoms with Crippen LogP contribution in [-0.4, -0.2) is 11.9 Å². The van der Waals surface area contributed by atoms with Crippen LogP contribution < -0.4 is 5.32 Å². The summed E-state index contributed by atoms with van der Waals surface area (Å²) >= 11 is 0. The molecular formula is C10H17NO. The highest BCUT2D eigenvalue weighted by molar-refractivity contribution is 5.76. The van der Waals surface area contributed by atoms with E-state index in [1.165, 1.54) is 32.1 Å². The molecule has 68 valence electrons. The number of nitrogens with one attached hydrogen (secondary N) is 1. The van der Waals surface area contributed by atoms with Crippen LogP contribution >= 0.6 is 0 Å². The third-order valence-electron chi connectivity index (χ3n) is 3.23. The molecule has 0 aromatic rings. The second-order valence-corrected chi connectivity index (χ2v) is 4.11. The van der Waals surface area contributed by atoms with Gasteiger partial charge in [-0.05, 0) is 31.6 Å². The van der Waals surface area contributed by atoms with Gasteiger partial charge in [-0.1, -0.05) is 12.8 Å². The molecule has 1 aliphatic heterocycles. The van der Waals surface area contributed by atoms with Crippen molar-refractivity contribution in [3.63, 3.8) is 0 Å². The van der Waals surface area contributed by atoms with Crippen molar-refractivity contribution in [3.8, 4) is 0 Å². The summed E-state index contributed by atoms with van der Waals surface area (Å²) in [5, 5.41) is 3.14. The number of fused-ring (bicyclic) bond motifs is 1. The average Bonchev–Trinajstić information content (AvgIpc) is 2.42. The Morgan fingerprint density at radius 2 is 1.92 bits per heavy atom. The molecule has 1 amide bonds. The maximum Gasteiger partial charge on any atom is 0.220 e. The van der Waals surface area contributed by atoms with Gasteiger partial charge in [-0.2, -0.15) is 0 Å². The molecule has 2 atom stereocenters. The fourth-order valence-electron chi connectivity index (χ4n) is 2.54. The van der Waals surface area contributed by atoms with Crippen LogP contribution in [-0.2, 0) is 4.79 Å². The van der Waals surface area contributed by atoms with E-state index in [0.29, 0.717) is 6.04 Å². The van der Waals surface area contributed by atoms with E-state index in [9.17, 15) is 4.79 Å². The van der Waals surface area contributed by atoms with E-state index in [-0.39, 0.29) is 5.91 Å². The van der Waals surface area contributed by atoms with Gasteiger partial charge in [-0.25, -0.2) is 0 Å². The van der Waals surface area contributed by atoms with E-state index < -0.39 is 0 Å². The predicted octanol–water partition coefficient (Wildman–Crippen LogP) is 1.85. The van der Waals surface area contributed by atoms with Gasteiger partial charge in [0.2, 0.25) is 5.91 Å². The molecule has 2 heteroatoms. The first-order valence-electron chi connectivity index (χ1n) is 5.15. The zero-order chi connectivity index (χ0) is 8.39. The number of rotatable bonds is 0. The van der Waals surface area contributed by atoms with Crippen LogP contribution in [0.3, 0.4) is 0 Å². The second-order valence-electron chi connectivity index (χ2n) is 4.11. The molecule has 0 radical (unpaired) electrons. The van der Waals surface area contributed by atoms with E-state index in [2.05, 4.69) is 5.32 Å². The molecule has 1 heterocycles. The van der Waals surface area contributed by atoms with Crippen molar-refractivity contribution in [1.82, 2.24) is 5.32 Å². The highest BCUT2D eigenvalue weighted by Crippen LogP contribution is 2.31. The quantitative estimate of drug-likeness (QED) is 0.586. The topological polar surface area (TPSA) is 29.1 Å². The van der Waals surface area contributed by atoms with Crippen molar-refractivity contribution in [2.24, 2.45) is 5.92 Å². The molecular weight excluding hydrogens is 150 g/mol. The SMILES string of the molecule is O=C1CCCC[C@@H]2CCC[C@@H]2N1. The molecule has 0 unspecified atom stereocenters. The van der Waals surface area contributed by atoms with Gasteiger partial charge in [0, 0.05) is 12.5 Å². The third-order valence-corrected chi connectivity index (χ3v) is 3.23. The van der Waals surface area contributed by atoms with Crippen molar-refractivity contribution in [2.75, 3.05) is 0 Å². The third kappa shape index (κ3) is 1.62. The van der Waals surface area contributed by atoms with Gasteiger partial charge in [0.25, 0.3) is 0 Å². The van der Waals surface area contributed by atoms with Gasteiger partial charge in [0.15, 0.2) is 0 Å². The smallest absolute Gasteiger partial charge is 0.220 e. The number of carbonyl (C=O) groups excluding carboxylic acids is 1. The molecule has 2 aliphatic rings. The lowest BCUT2D eigenvalue weighted by Gasteiger charge is -2.23. The van der Waals surface area contributed by atoms with Gasteiger partial charge in [0.1, 0.15) is 0 Å². The molecule has 2 nitrogen and oxygen atoms in total. The largest absolute Gasteiger partial charge is 0.353 e. The van der Waals surface area contributed by atoms with Crippen LogP contribution in [0.25, 0.3) is 0 Å². The highest BCUT2D eigenvalue weighted by atomic mass is 16.1. The maximum absolute atomic E-state index is 11.3. The molecule has 12 heavy (non-hydrogen) atoms. The Morgan fingerprint density at radius 1 is 1.08 bits per heavy atom. The lowest BCUT2D eigenvalue weighted by atomic mass is 9.94. The Bertz CT molecular complexity index is 179. The molecule has 0 aromatic carbocycles. The van der Waals surface area contributed by atoms with Crippen LogP contribution in [0.1, 0.15) is 44.9 Å². The Kier molecular flexibility index (Phi) is 2.33.